The molecule has 128 valence electrons. The van der Waals surface area contributed by atoms with Crippen molar-refractivity contribution >= 4 is 39.1 Å². The molecule has 0 fully saturated rings. The van der Waals surface area contributed by atoms with E-state index in [-0.39, 0.29) is 0 Å². The molecule has 0 saturated carbocycles. The molecule has 0 aromatic rings. The third-order valence-electron chi connectivity index (χ3n) is 0.800. The zero-order chi connectivity index (χ0) is 17.3. The van der Waals surface area contributed by atoms with Crippen LogP contribution in [0.1, 0.15) is 0 Å². The Labute approximate surface area is 114 Å². The lowest BCUT2D eigenvalue weighted by atomic mass is 15.7. The predicted octanol–water partition coefficient (Wildman–Crippen LogP) is -4.88. The fraction of sp³-hybridized carbons (Fsp3) is 0. The average molecular weight is 411 g/mol. The molecule has 2 unspecified atom stereocenters. The van der Waals surface area contributed by atoms with Crippen LogP contribution in [-0.4, -0.2) is 0 Å². The van der Waals surface area contributed by atoms with Crippen LogP contribution in [0, 0.1) is 0 Å². The van der Waals surface area contributed by atoms with Crippen LogP contribution in [-0.2, 0) is 40.1 Å². The Morgan fingerprint density at radius 3 is 0.810 bits per heavy atom. The van der Waals surface area contributed by atoms with Crippen LogP contribution in [0.3, 0.4) is 0 Å². The molecule has 2 atom stereocenters. The van der Waals surface area contributed by atoms with Gasteiger partial charge in [0.1, 0.15) is 0 Å². The highest BCUT2D eigenvalue weighted by atomic mass is 31.3. The van der Waals surface area contributed by atoms with Gasteiger partial charge in [-0.2, -0.15) is 0 Å². The smallest absolute Gasteiger partial charge is 0.280 e. The van der Waals surface area contributed by atoms with Crippen LogP contribution in [0.5, 0.6) is 0 Å². The first kappa shape index (κ1) is 21.7. The molecule has 21 heavy (non-hydrogen) atoms. The Hall–Kier alpha value is 0.710. The molecule has 0 bridgehead atoms. The Morgan fingerprint density at radius 2 is 0.619 bits per heavy atom. The van der Waals surface area contributed by atoms with Crippen LogP contribution in [0.4, 0.5) is 0 Å². The summed E-state index contributed by atoms with van der Waals surface area (Å²) in [6.07, 6.45) is 0. The molecule has 0 aromatic carbocycles. The summed E-state index contributed by atoms with van der Waals surface area (Å²) in [6.45, 7) is 0. The summed E-state index contributed by atoms with van der Waals surface area (Å²) in [5.74, 6) is 0. The minimum absolute atomic E-state index is 2.64. The van der Waals surface area contributed by atoms with Crippen molar-refractivity contribution in [2.24, 2.45) is 0 Å². The molecule has 0 spiro atoms. The van der Waals surface area contributed by atoms with E-state index in [1.165, 1.54) is 0 Å². The van der Waals surface area contributed by atoms with E-state index in [2.05, 4.69) is 17.2 Å². The molecule has 0 aliphatic carbocycles. The van der Waals surface area contributed by atoms with E-state index >= 15 is 0 Å². The fourth-order valence-electron chi connectivity index (χ4n) is 0.535. The third-order valence-corrected chi connectivity index (χ3v) is 7.20. The second kappa shape index (κ2) is 6.68. The van der Waals surface area contributed by atoms with Crippen molar-refractivity contribution in [1.82, 2.24) is 0 Å². The Bertz CT molecular complexity index is 546. The SMILES string of the molecule is O=P([O-])([O-])OP(=O)([O-])OP(=O)([O-])OP(=O)([O-])OP(=O)([O-])[O-]. The molecule has 21 heteroatoms. The molecule has 0 heterocycles. The summed E-state index contributed by atoms with van der Waals surface area (Å²) in [5, 5.41) is 0. The van der Waals surface area contributed by atoms with Gasteiger partial charge in [-0.25, -0.2) is 8.62 Å². The molecule has 0 N–H and O–H groups in total. The summed E-state index contributed by atoms with van der Waals surface area (Å²) in [6, 6.07) is 0. The van der Waals surface area contributed by atoms with Crippen LogP contribution in [0.25, 0.3) is 0 Å². The van der Waals surface area contributed by atoms with Gasteiger partial charge in [0.2, 0.25) is 0 Å². The van der Waals surface area contributed by atoms with Gasteiger partial charge in [-0.1, -0.05) is 0 Å². The summed E-state index contributed by atoms with van der Waals surface area (Å²) in [7, 11) is -32.1. The summed E-state index contributed by atoms with van der Waals surface area (Å²) < 4.78 is 62.6. The Kier molecular flexibility index (Phi) is 6.90. The molecule has 0 saturated heterocycles. The van der Waals surface area contributed by atoms with Crippen LogP contribution in [0.2, 0.25) is 0 Å². The first-order valence-electron chi connectivity index (χ1n) is 3.65. The molecular weight excluding hydrogens is 411 g/mol. The van der Waals surface area contributed by atoms with Crippen molar-refractivity contribution in [3.8, 4) is 0 Å². The quantitative estimate of drug-likeness (QED) is 0.338. The minimum atomic E-state index is -6.56. The maximum Gasteiger partial charge on any atom is 0.280 e. The highest BCUT2D eigenvalue weighted by molar-refractivity contribution is 7.69. The lowest BCUT2D eigenvalue weighted by Gasteiger charge is -2.40. The van der Waals surface area contributed by atoms with Gasteiger partial charge in [0, 0.05) is 0 Å². The lowest BCUT2D eigenvalue weighted by Crippen LogP contribution is -2.22. The van der Waals surface area contributed by atoms with Crippen LogP contribution >= 0.6 is 39.1 Å². The maximum absolute atomic E-state index is 10.7. The van der Waals surface area contributed by atoms with Gasteiger partial charge in [-0.3, -0.25) is 22.3 Å². The number of phosphoric acid groups is 5. The molecule has 0 aliphatic heterocycles. The number of rotatable bonds is 8. The van der Waals surface area contributed by atoms with Crippen molar-refractivity contribution in [2.45, 2.75) is 0 Å². The summed E-state index contributed by atoms with van der Waals surface area (Å²) >= 11 is 0. The predicted molar refractivity (Wildman–Crippen MR) is 42.4 cm³/mol. The summed E-state index contributed by atoms with van der Waals surface area (Å²) in [4.78, 5) is 71.5. The van der Waals surface area contributed by atoms with Gasteiger partial charge in [0.05, 0.1) is 15.6 Å². The molecule has 0 rings (SSSR count). The van der Waals surface area contributed by atoms with Crippen LogP contribution in [0.15, 0.2) is 0 Å². The zero-order valence-corrected chi connectivity index (χ0v) is 13.2. The van der Waals surface area contributed by atoms with Gasteiger partial charge < -0.3 is 43.4 Å². The number of hydrogen-bond acceptors (Lipinski definition) is 16. The third kappa shape index (κ3) is 11.9. The van der Waals surface area contributed by atoms with E-state index in [0.29, 0.717) is 0 Å². The molecular formula is O16P5-7. The second-order valence-corrected chi connectivity index (χ2v) is 9.65. The topological polar surface area (TPSA) is 284 Å². The van der Waals surface area contributed by atoms with Gasteiger partial charge in [0.15, 0.2) is 0 Å². The largest absolute Gasteiger partial charge is 0.790 e. The van der Waals surface area contributed by atoms with Gasteiger partial charge in [-0.15, -0.1) is 0 Å². The van der Waals surface area contributed by atoms with Crippen LogP contribution < -0.4 is 34.3 Å². The highest BCUT2D eigenvalue weighted by Gasteiger charge is 2.27. The molecule has 0 amide bonds. The van der Waals surface area contributed by atoms with Gasteiger partial charge in [0.25, 0.3) is 23.5 Å². The standard InChI is InChI=1S/H7O16P5/c1-17(2,3)13-19(7,8)15-21(11,12)16-20(9,10)14-18(4,5)6/h(H,7,8)(H,9,10)(H,11,12)(H2,1,2,3)(H2,4,5,6)/p-7. The van der Waals surface area contributed by atoms with E-state index < -0.39 is 39.1 Å². The first-order valence-corrected chi connectivity index (χ1v) is 11.0. The highest BCUT2D eigenvalue weighted by Crippen LogP contribution is 2.67. The van der Waals surface area contributed by atoms with E-state index in [1.807, 2.05) is 0 Å². The second-order valence-electron chi connectivity index (χ2n) is 2.56. The van der Waals surface area contributed by atoms with Crippen molar-refractivity contribution in [3.63, 3.8) is 0 Å². The molecule has 0 radical (unpaired) electrons. The van der Waals surface area contributed by atoms with E-state index in [9.17, 15) is 57.1 Å². The minimum Gasteiger partial charge on any atom is -0.790 e. The Balaban J connectivity index is 5.05. The van der Waals surface area contributed by atoms with Crippen molar-refractivity contribution in [3.05, 3.63) is 0 Å². The van der Waals surface area contributed by atoms with Crippen molar-refractivity contribution in [1.29, 1.82) is 0 Å². The number of hydrogen-bond donors (Lipinski definition) is 0. The van der Waals surface area contributed by atoms with E-state index in [1.54, 1.807) is 0 Å². The van der Waals surface area contributed by atoms with E-state index in [0.717, 1.165) is 0 Å². The maximum atomic E-state index is 10.7. The normalized spacial score (nSPS) is 22.0. The van der Waals surface area contributed by atoms with Crippen molar-refractivity contribution < 1.29 is 74.3 Å². The van der Waals surface area contributed by atoms with Gasteiger partial charge in [-0.05, 0) is 0 Å². The molecule has 0 aromatic heterocycles. The molecule has 16 nitrogen and oxygen atoms in total. The summed E-state index contributed by atoms with van der Waals surface area (Å²) in [5.41, 5.74) is 0. The van der Waals surface area contributed by atoms with Gasteiger partial charge >= 0.3 is 0 Å². The fourth-order valence-corrected chi connectivity index (χ4v) is 5.62. The average Bonchev–Trinajstić information content (AvgIpc) is 1.83. The lowest BCUT2D eigenvalue weighted by molar-refractivity contribution is -0.341. The first-order chi connectivity index (χ1) is 8.83. The zero-order valence-electron chi connectivity index (χ0n) is 8.77. The van der Waals surface area contributed by atoms with E-state index in [4.69, 9.17) is 0 Å². The monoisotopic (exact) mass is 411 g/mol. The van der Waals surface area contributed by atoms with Crippen molar-refractivity contribution in [2.75, 3.05) is 0 Å². The molecule has 0 aliphatic rings. The Morgan fingerprint density at radius 1 is 0.429 bits per heavy atom.